The van der Waals surface area contributed by atoms with Gasteiger partial charge in [-0.25, -0.2) is 4.79 Å². The van der Waals surface area contributed by atoms with E-state index < -0.39 is 5.97 Å². The maximum atomic E-state index is 12.3. The smallest absolute Gasteiger partial charge is 0.338 e. The average molecular weight is 382 g/mol. The molecule has 0 bridgehead atoms. The molecule has 1 saturated carbocycles. The van der Waals surface area contributed by atoms with Gasteiger partial charge in [0.25, 0.3) is 5.91 Å². The number of benzene rings is 2. The Balaban J connectivity index is 1.60. The fraction of sp³-hybridized carbons (Fsp3) is 0.364. The van der Waals surface area contributed by atoms with Crippen molar-refractivity contribution in [1.29, 1.82) is 0 Å². The molecule has 28 heavy (non-hydrogen) atoms. The van der Waals surface area contributed by atoms with E-state index in [2.05, 4.69) is 5.32 Å². The third-order valence-electron chi connectivity index (χ3n) is 4.86. The van der Waals surface area contributed by atoms with Crippen molar-refractivity contribution in [3.05, 3.63) is 53.6 Å². The van der Waals surface area contributed by atoms with Crippen molar-refractivity contribution in [2.45, 2.75) is 45.1 Å². The van der Waals surface area contributed by atoms with E-state index in [1.54, 1.807) is 12.1 Å². The highest BCUT2D eigenvalue weighted by Crippen LogP contribution is 2.26. The highest BCUT2D eigenvalue weighted by atomic mass is 16.5. The summed E-state index contributed by atoms with van der Waals surface area (Å²) in [5.41, 5.74) is 8.47. The Morgan fingerprint density at radius 2 is 1.89 bits per heavy atom. The summed E-state index contributed by atoms with van der Waals surface area (Å²) in [4.78, 5) is 24.6. The van der Waals surface area contributed by atoms with E-state index in [1.807, 2.05) is 31.2 Å². The third-order valence-corrected chi connectivity index (χ3v) is 4.86. The number of hydrogen-bond acceptors (Lipinski definition) is 5. The number of nitrogen functional groups attached to an aromatic ring is 1. The molecule has 0 spiro atoms. The summed E-state index contributed by atoms with van der Waals surface area (Å²) in [7, 11) is 0. The second-order valence-electron chi connectivity index (χ2n) is 6.91. The molecule has 2 aromatic carbocycles. The molecule has 3 rings (SSSR count). The van der Waals surface area contributed by atoms with E-state index >= 15 is 0 Å². The van der Waals surface area contributed by atoms with Crippen molar-refractivity contribution >= 4 is 23.3 Å². The standard InChI is InChI=1S/C22H26N2O4/c1-2-15-7-3-6-10-19(15)24-21(25)14-27-20-13-16(11-12-18(20)23)22(26)28-17-8-4-5-9-17/h3,6-7,10-13,17H,2,4-5,8-9,14,23H2,1H3,(H,24,25). The van der Waals surface area contributed by atoms with Crippen LogP contribution in [0, 0.1) is 0 Å². The normalized spacial score (nSPS) is 13.9. The molecule has 1 aliphatic rings. The SMILES string of the molecule is CCc1ccccc1NC(=O)COc1cc(C(=O)OC2CCCC2)ccc1N. The lowest BCUT2D eigenvalue weighted by Crippen LogP contribution is -2.21. The molecule has 0 aliphatic heterocycles. The number of esters is 1. The zero-order valence-corrected chi connectivity index (χ0v) is 16.1. The molecule has 0 atom stereocenters. The van der Waals surface area contributed by atoms with E-state index in [9.17, 15) is 9.59 Å². The number of aryl methyl sites for hydroxylation is 1. The van der Waals surface area contributed by atoms with Crippen LogP contribution in [0.5, 0.6) is 5.75 Å². The van der Waals surface area contributed by atoms with Crippen LogP contribution in [0.2, 0.25) is 0 Å². The molecule has 148 valence electrons. The highest BCUT2D eigenvalue weighted by Gasteiger charge is 2.21. The Bertz CT molecular complexity index is 844. The predicted octanol–water partition coefficient (Wildman–Crippen LogP) is 3.95. The summed E-state index contributed by atoms with van der Waals surface area (Å²) >= 11 is 0. The van der Waals surface area contributed by atoms with Crippen LogP contribution in [0.25, 0.3) is 0 Å². The molecule has 3 N–H and O–H groups in total. The van der Waals surface area contributed by atoms with Crippen LogP contribution >= 0.6 is 0 Å². The Hall–Kier alpha value is -3.02. The first kappa shape index (κ1) is 19.7. The summed E-state index contributed by atoms with van der Waals surface area (Å²) < 4.78 is 11.1. The van der Waals surface area contributed by atoms with E-state index in [0.717, 1.165) is 43.4 Å². The van der Waals surface area contributed by atoms with Crippen LogP contribution in [0.4, 0.5) is 11.4 Å². The number of anilines is 2. The maximum absolute atomic E-state index is 12.3. The van der Waals surface area contributed by atoms with Crippen LogP contribution in [-0.4, -0.2) is 24.6 Å². The van der Waals surface area contributed by atoms with Gasteiger partial charge in [0.05, 0.1) is 11.3 Å². The lowest BCUT2D eigenvalue weighted by molar-refractivity contribution is -0.118. The second-order valence-corrected chi connectivity index (χ2v) is 6.91. The van der Waals surface area contributed by atoms with Crippen LogP contribution in [-0.2, 0) is 16.0 Å². The van der Waals surface area contributed by atoms with Crippen molar-refractivity contribution in [3.63, 3.8) is 0 Å². The van der Waals surface area contributed by atoms with E-state index in [1.165, 1.54) is 6.07 Å². The summed E-state index contributed by atoms with van der Waals surface area (Å²) in [6.45, 7) is 1.82. The first-order valence-corrected chi connectivity index (χ1v) is 9.68. The summed E-state index contributed by atoms with van der Waals surface area (Å²) in [5, 5.41) is 2.84. The zero-order valence-electron chi connectivity index (χ0n) is 16.1. The lowest BCUT2D eigenvalue weighted by atomic mass is 10.1. The quantitative estimate of drug-likeness (QED) is 0.559. The minimum atomic E-state index is -0.391. The van der Waals surface area contributed by atoms with Gasteiger partial charge in [0, 0.05) is 5.69 Å². The van der Waals surface area contributed by atoms with Gasteiger partial charge in [-0.2, -0.15) is 0 Å². The molecule has 0 aromatic heterocycles. The van der Waals surface area contributed by atoms with E-state index in [0.29, 0.717) is 17.0 Å². The molecular weight excluding hydrogens is 356 g/mol. The van der Waals surface area contributed by atoms with Gasteiger partial charge in [0.1, 0.15) is 11.9 Å². The number of hydrogen-bond donors (Lipinski definition) is 2. The van der Waals surface area contributed by atoms with Gasteiger partial charge in [0.15, 0.2) is 6.61 Å². The summed E-state index contributed by atoms with van der Waals surface area (Å²) in [6, 6.07) is 12.3. The maximum Gasteiger partial charge on any atom is 0.338 e. The second kappa shape index (κ2) is 9.26. The molecule has 1 aliphatic carbocycles. The van der Waals surface area contributed by atoms with Gasteiger partial charge in [-0.15, -0.1) is 0 Å². The van der Waals surface area contributed by atoms with Gasteiger partial charge in [-0.3, -0.25) is 4.79 Å². The van der Waals surface area contributed by atoms with Crippen molar-refractivity contribution < 1.29 is 19.1 Å². The molecule has 0 radical (unpaired) electrons. The van der Waals surface area contributed by atoms with Crippen LogP contribution < -0.4 is 15.8 Å². The summed E-state index contributed by atoms with van der Waals surface area (Å²) in [6.07, 6.45) is 4.79. The highest BCUT2D eigenvalue weighted by molar-refractivity contribution is 5.93. The number of carbonyl (C=O) groups excluding carboxylic acids is 2. The number of ether oxygens (including phenoxy) is 2. The Labute approximate surface area is 165 Å². The Morgan fingerprint density at radius 1 is 1.14 bits per heavy atom. The molecule has 0 saturated heterocycles. The van der Waals surface area contributed by atoms with E-state index in [4.69, 9.17) is 15.2 Å². The molecule has 0 unspecified atom stereocenters. The van der Waals surface area contributed by atoms with Gasteiger partial charge < -0.3 is 20.5 Å². The number of nitrogens with one attached hydrogen (secondary N) is 1. The van der Waals surface area contributed by atoms with Crippen LogP contribution in [0.15, 0.2) is 42.5 Å². The largest absolute Gasteiger partial charge is 0.482 e. The average Bonchev–Trinajstić information content (AvgIpc) is 3.20. The van der Waals surface area contributed by atoms with Gasteiger partial charge in [-0.1, -0.05) is 25.1 Å². The minimum absolute atomic E-state index is 0.0150. The minimum Gasteiger partial charge on any atom is -0.482 e. The molecule has 0 heterocycles. The zero-order chi connectivity index (χ0) is 19.9. The van der Waals surface area contributed by atoms with Crippen molar-refractivity contribution in [3.8, 4) is 5.75 Å². The predicted molar refractivity (Wildman–Crippen MR) is 108 cm³/mol. The molecule has 2 aromatic rings. The topological polar surface area (TPSA) is 90.6 Å². The number of nitrogens with two attached hydrogens (primary N) is 1. The van der Waals surface area contributed by atoms with Crippen LogP contribution in [0.1, 0.15) is 48.5 Å². The van der Waals surface area contributed by atoms with Gasteiger partial charge >= 0.3 is 5.97 Å². The number of para-hydroxylation sites is 1. The van der Waals surface area contributed by atoms with Crippen LogP contribution in [0.3, 0.4) is 0 Å². The number of rotatable bonds is 7. The molecular formula is C22H26N2O4. The third kappa shape index (κ3) is 5.03. The molecule has 1 amide bonds. The lowest BCUT2D eigenvalue weighted by Gasteiger charge is -2.14. The van der Waals surface area contributed by atoms with Crippen molar-refractivity contribution in [2.24, 2.45) is 0 Å². The monoisotopic (exact) mass is 382 g/mol. The summed E-state index contributed by atoms with van der Waals surface area (Å²) in [5.74, 6) is -0.392. The molecule has 6 nitrogen and oxygen atoms in total. The molecule has 1 fully saturated rings. The van der Waals surface area contributed by atoms with Crippen molar-refractivity contribution in [1.82, 2.24) is 0 Å². The molecule has 6 heteroatoms. The number of amides is 1. The fourth-order valence-corrected chi connectivity index (χ4v) is 3.29. The van der Waals surface area contributed by atoms with Gasteiger partial charge in [0.2, 0.25) is 0 Å². The number of carbonyl (C=O) groups is 2. The van der Waals surface area contributed by atoms with E-state index in [-0.39, 0.29) is 18.6 Å². The first-order valence-electron chi connectivity index (χ1n) is 9.68. The first-order chi connectivity index (χ1) is 13.6. The van der Waals surface area contributed by atoms with Gasteiger partial charge in [-0.05, 0) is 61.9 Å². The van der Waals surface area contributed by atoms with Crippen molar-refractivity contribution in [2.75, 3.05) is 17.7 Å². The Morgan fingerprint density at radius 3 is 2.64 bits per heavy atom. The Kier molecular flexibility index (Phi) is 6.53. The fourth-order valence-electron chi connectivity index (χ4n) is 3.29.